The van der Waals surface area contributed by atoms with Crippen molar-refractivity contribution < 1.29 is 14.5 Å². The average molecular weight is 291 g/mol. The van der Waals surface area contributed by atoms with Gasteiger partial charge in [-0.3, -0.25) is 4.98 Å². The molecule has 0 radical (unpaired) electrons. The van der Waals surface area contributed by atoms with E-state index in [9.17, 15) is 4.55 Å². The number of nitrogens with zero attached hydrogens (tertiary/aromatic N) is 3. The first-order valence-corrected chi connectivity index (χ1v) is 7.24. The van der Waals surface area contributed by atoms with Crippen LogP contribution in [0.3, 0.4) is 0 Å². The Morgan fingerprint density at radius 3 is 2.75 bits per heavy atom. The minimum Gasteiger partial charge on any atom is -0.611 e. The Morgan fingerprint density at radius 2 is 2.20 bits per heavy atom. The van der Waals surface area contributed by atoms with Gasteiger partial charge in [0.1, 0.15) is 11.9 Å². The first-order chi connectivity index (χ1) is 9.67. The molecule has 0 aliphatic rings. The molecule has 7 heteroatoms. The molecule has 20 heavy (non-hydrogen) atoms. The van der Waals surface area contributed by atoms with Crippen LogP contribution in [0.2, 0.25) is 0 Å². The zero-order valence-corrected chi connectivity index (χ0v) is 11.8. The Morgan fingerprint density at radius 1 is 1.40 bits per heavy atom. The molecule has 0 aliphatic heterocycles. The lowest BCUT2D eigenvalue weighted by atomic mass is 10.2. The van der Waals surface area contributed by atoms with E-state index in [1.807, 2.05) is 6.07 Å². The molecule has 0 saturated carbocycles. The highest BCUT2D eigenvalue weighted by atomic mass is 32.2. The molecule has 2 heterocycles. The van der Waals surface area contributed by atoms with Gasteiger partial charge in [-0.25, -0.2) is 4.98 Å². The van der Waals surface area contributed by atoms with E-state index in [2.05, 4.69) is 15.1 Å². The SMILES string of the molecule is COc1cc(-c2ccccn2)nc(/C=N/O)c1[S+](C)[O-]. The molecule has 1 N–H and O–H groups in total. The molecule has 0 spiro atoms. The number of hydrogen-bond donors (Lipinski definition) is 1. The molecule has 6 nitrogen and oxygen atoms in total. The van der Waals surface area contributed by atoms with Gasteiger partial charge in [0.15, 0.2) is 5.75 Å². The summed E-state index contributed by atoms with van der Waals surface area (Å²) in [4.78, 5) is 8.90. The van der Waals surface area contributed by atoms with E-state index in [4.69, 9.17) is 9.94 Å². The predicted molar refractivity (Wildman–Crippen MR) is 75.7 cm³/mol. The van der Waals surface area contributed by atoms with Gasteiger partial charge in [0.05, 0.1) is 24.7 Å². The Balaban J connectivity index is 2.65. The summed E-state index contributed by atoms with van der Waals surface area (Å²) in [6, 6.07) is 7.09. The Labute approximate surface area is 119 Å². The van der Waals surface area contributed by atoms with E-state index in [-0.39, 0.29) is 5.69 Å². The number of pyridine rings is 2. The molecule has 2 aromatic rings. The van der Waals surface area contributed by atoms with Crippen LogP contribution in [0.1, 0.15) is 5.69 Å². The fourth-order valence-corrected chi connectivity index (χ4v) is 2.58. The Kier molecular flexibility index (Phi) is 4.54. The number of ether oxygens (including phenoxy) is 1. The lowest BCUT2D eigenvalue weighted by Crippen LogP contribution is -2.08. The maximum atomic E-state index is 11.8. The van der Waals surface area contributed by atoms with E-state index < -0.39 is 11.2 Å². The van der Waals surface area contributed by atoms with Crippen LogP contribution in [0.4, 0.5) is 0 Å². The molecule has 0 bridgehead atoms. The standard InChI is InChI=1S/C13H13N3O3S/c1-19-12-7-10(9-5-3-4-6-14-9)16-11(8-15-17)13(12)20(2)18/h3-8,17H,1-2H3/b15-8+. The lowest BCUT2D eigenvalue weighted by Gasteiger charge is -2.13. The normalized spacial score (nSPS) is 12.6. The van der Waals surface area contributed by atoms with E-state index in [1.54, 1.807) is 24.4 Å². The van der Waals surface area contributed by atoms with Crippen molar-refractivity contribution in [2.45, 2.75) is 4.90 Å². The van der Waals surface area contributed by atoms with Gasteiger partial charge in [-0.15, -0.1) is 0 Å². The van der Waals surface area contributed by atoms with Crippen LogP contribution < -0.4 is 4.74 Å². The first kappa shape index (κ1) is 14.3. The van der Waals surface area contributed by atoms with Crippen LogP contribution in [0, 0.1) is 0 Å². The van der Waals surface area contributed by atoms with Gasteiger partial charge in [-0.2, -0.15) is 0 Å². The van der Waals surface area contributed by atoms with E-state index in [0.29, 0.717) is 22.0 Å². The molecule has 0 aliphatic carbocycles. The molecule has 0 saturated heterocycles. The van der Waals surface area contributed by atoms with Gasteiger partial charge in [-0.05, 0) is 23.3 Å². The second-order valence-corrected chi connectivity index (χ2v) is 5.15. The van der Waals surface area contributed by atoms with Gasteiger partial charge in [0.25, 0.3) is 0 Å². The van der Waals surface area contributed by atoms with Crippen LogP contribution >= 0.6 is 0 Å². The number of aromatic nitrogens is 2. The largest absolute Gasteiger partial charge is 0.611 e. The smallest absolute Gasteiger partial charge is 0.221 e. The molecule has 2 aromatic heterocycles. The van der Waals surface area contributed by atoms with Gasteiger partial charge < -0.3 is 14.5 Å². The minimum atomic E-state index is -1.33. The first-order valence-electron chi connectivity index (χ1n) is 5.68. The van der Waals surface area contributed by atoms with Crippen LogP contribution in [0.5, 0.6) is 5.75 Å². The molecule has 1 unspecified atom stereocenters. The third-order valence-electron chi connectivity index (χ3n) is 2.58. The maximum absolute atomic E-state index is 11.8. The summed E-state index contributed by atoms with van der Waals surface area (Å²) < 4.78 is 17.1. The quantitative estimate of drug-likeness (QED) is 0.401. The van der Waals surface area contributed by atoms with Gasteiger partial charge in [0, 0.05) is 12.3 Å². The second kappa shape index (κ2) is 6.36. The Bertz CT molecular complexity index is 618. The fraction of sp³-hybridized carbons (Fsp3) is 0.154. The summed E-state index contributed by atoms with van der Waals surface area (Å²) in [6.07, 6.45) is 4.29. The van der Waals surface area contributed by atoms with Crippen molar-refractivity contribution in [2.24, 2.45) is 5.16 Å². The maximum Gasteiger partial charge on any atom is 0.221 e. The summed E-state index contributed by atoms with van der Waals surface area (Å²) in [5, 5.41) is 11.7. The van der Waals surface area contributed by atoms with Crippen molar-refractivity contribution in [3.05, 3.63) is 36.2 Å². The highest BCUT2D eigenvalue weighted by Gasteiger charge is 2.21. The van der Waals surface area contributed by atoms with E-state index in [1.165, 1.54) is 13.4 Å². The third kappa shape index (κ3) is 2.89. The van der Waals surface area contributed by atoms with Crippen molar-refractivity contribution in [3.8, 4) is 17.1 Å². The van der Waals surface area contributed by atoms with Crippen LogP contribution in [-0.2, 0) is 11.2 Å². The topological polar surface area (TPSA) is 90.7 Å². The van der Waals surface area contributed by atoms with E-state index >= 15 is 0 Å². The molecule has 104 valence electrons. The Hall–Kier alpha value is -2.12. The monoisotopic (exact) mass is 291 g/mol. The fourth-order valence-electron chi connectivity index (χ4n) is 1.76. The zero-order chi connectivity index (χ0) is 14.5. The van der Waals surface area contributed by atoms with Crippen molar-refractivity contribution in [1.82, 2.24) is 9.97 Å². The molecular weight excluding hydrogens is 278 g/mol. The summed E-state index contributed by atoms with van der Waals surface area (Å²) in [5.74, 6) is 0.413. The number of methoxy groups -OCH3 is 1. The zero-order valence-electron chi connectivity index (χ0n) is 11.0. The molecule has 0 aromatic carbocycles. The molecule has 0 amide bonds. The molecular formula is C13H13N3O3S. The summed E-state index contributed by atoms with van der Waals surface area (Å²) >= 11 is -1.33. The summed E-state index contributed by atoms with van der Waals surface area (Å²) in [5.41, 5.74) is 1.48. The van der Waals surface area contributed by atoms with Gasteiger partial charge in [0.2, 0.25) is 4.90 Å². The van der Waals surface area contributed by atoms with E-state index in [0.717, 1.165) is 6.21 Å². The van der Waals surface area contributed by atoms with Crippen LogP contribution in [0.15, 0.2) is 40.5 Å². The predicted octanol–water partition coefficient (Wildman–Crippen LogP) is 1.70. The summed E-state index contributed by atoms with van der Waals surface area (Å²) in [7, 11) is 1.48. The van der Waals surface area contributed by atoms with Crippen LogP contribution in [0.25, 0.3) is 11.4 Å². The van der Waals surface area contributed by atoms with Gasteiger partial charge >= 0.3 is 0 Å². The third-order valence-corrected chi connectivity index (χ3v) is 3.57. The van der Waals surface area contributed by atoms with Crippen molar-refractivity contribution in [1.29, 1.82) is 0 Å². The molecule has 2 rings (SSSR count). The van der Waals surface area contributed by atoms with Crippen molar-refractivity contribution >= 4 is 17.4 Å². The average Bonchev–Trinajstić information content (AvgIpc) is 2.47. The second-order valence-electron chi connectivity index (χ2n) is 3.84. The van der Waals surface area contributed by atoms with Gasteiger partial charge in [-0.1, -0.05) is 11.2 Å². The highest BCUT2D eigenvalue weighted by Crippen LogP contribution is 2.29. The lowest BCUT2D eigenvalue weighted by molar-refractivity contribution is 0.321. The minimum absolute atomic E-state index is 0.285. The number of hydrogen-bond acceptors (Lipinski definition) is 6. The van der Waals surface area contributed by atoms with Crippen molar-refractivity contribution in [3.63, 3.8) is 0 Å². The highest BCUT2D eigenvalue weighted by molar-refractivity contribution is 7.90. The molecule has 1 atom stereocenters. The number of oxime groups is 1. The molecule has 0 fully saturated rings. The van der Waals surface area contributed by atoms with Crippen LogP contribution in [-0.4, -0.2) is 39.3 Å². The van der Waals surface area contributed by atoms with Crippen molar-refractivity contribution in [2.75, 3.05) is 13.4 Å². The summed E-state index contributed by atoms with van der Waals surface area (Å²) in [6.45, 7) is 0. The number of rotatable bonds is 4.